The topological polar surface area (TPSA) is 123 Å². The molecule has 0 unspecified atom stereocenters. The zero-order chi connectivity index (χ0) is 31.3. The summed E-state index contributed by atoms with van der Waals surface area (Å²) in [6.45, 7) is 6.59. The molecule has 3 aliphatic heterocycles. The number of aromatic nitrogens is 1. The van der Waals surface area contributed by atoms with Gasteiger partial charge in [-0.05, 0) is 75.1 Å². The van der Waals surface area contributed by atoms with Gasteiger partial charge in [-0.1, -0.05) is 29.3 Å². The molecule has 0 spiro atoms. The lowest BCUT2D eigenvalue weighted by atomic mass is 10.0. The molecule has 1 aromatic heterocycles. The van der Waals surface area contributed by atoms with E-state index in [2.05, 4.69) is 15.2 Å². The molecule has 9 nitrogen and oxygen atoms in total. The fourth-order valence-corrected chi connectivity index (χ4v) is 8.66. The molecule has 12 heteroatoms. The molecule has 2 aromatic carbocycles. The number of H-pyrrole nitrogens is 1. The van der Waals surface area contributed by atoms with E-state index in [0.717, 1.165) is 37.9 Å². The predicted octanol–water partition coefficient (Wildman–Crippen LogP) is 5.08. The van der Waals surface area contributed by atoms with Gasteiger partial charge < -0.3 is 20.3 Å². The van der Waals surface area contributed by atoms with Crippen LogP contribution in [-0.2, 0) is 20.4 Å². The number of aliphatic hydroxyl groups is 1. The average Bonchev–Trinajstić information content (AvgIpc) is 3.73. The van der Waals surface area contributed by atoms with Crippen LogP contribution >= 0.6 is 23.2 Å². The van der Waals surface area contributed by atoms with Crippen molar-refractivity contribution in [2.45, 2.75) is 55.9 Å². The maximum Gasteiger partial charge on any atom is 0.256 e. The third-order valence-corrected chi connectivity index (χ3v) is 11.2. The Bertz CT molecular complexity index is 1780. The Balaban J connectivity index is 1.28. The molecular weight excluding hydrogens is 623 g/mol. The van der Waals surface area contributed by atoms with Gasteiger partial charge in [-0.15, -0.1) is 0 Å². The molecule has 232 valence electrons. The number of likely N-dealkylation sites (tertiary alicyclic amines) is 2. The van der Waals surface area contributed by atoms with Crippen molar-refractivity contribution in [3.63, 3.8) is 0 Å². The molecule has 3 N–H and O–H groups in total. The molecule has 2 saturated heterocycles. The molecule has 2 atom stereocenters. The molecule has 44 heavy (non-hydrogen) atoms. The minimum atomic E-state index is -3.85. The van der Waals surface area contributed by atoms with Crippen molar-refractivity contribution in [2.24, 2.45) is 0 Å². The average molecular weight is 658 g/mol. The molecule has 2 fully saturated rings. The summed E-state index contributed by atoms with van der Waals surface area (Å²) >= 11 is 12.5. The number of hydrogen-bond donors (Lipinski definition) is 3. The number of anilines is 1. The van der Waals surface area contributed by atoms with E-state index in [1.807, 2.05) is 18.7 Å². The number of rotatable bonds is 7. The van der Waals surface area contributed by atoms with E-state index < -0.39 is 9.84 Å². The maximum absolute atomic E-state index is 13.9. The van der Waals surface area contributed by atoms with Gasteiger partial charge in [0.1, 0.15) is 0 Å². The van der Waals surface area contributed by atoms with Crippen molar-refractivity contribution in [3.05, 3.63) is 80.1 Å². The number of carbonyl (C=O) groups excluding carboxylic acids is 2. The number of benzene rings is 2. The summed E-state index contributed by atoms with van der Waals surface area (Å²) in [6, 6.07) is 9.43. The summed E-state index contributed by atoms with van der Waals surface area (Å²) in [7, 11) is -3.85. The number of amides is 2. The van der Waals surface area contributed by atoms with E-state index >= 15 is 0 Å². The van der Waals surface area contributed by atoms with Crippen LogP contribution in [0.25, 0.3) is 11.6 Å². The van der Waals surface area contributed by atoms with Crippen LogP contribution in [0.1, 0.15) is 57.7 Å². The lowest BCUT2D eigenvalue weighted by molar-refractivity contribution is -0.110. The van der Waals surface area contributed by atoms with Crippen molar-refractivity contribution < 1.29 is 23.1 Å². The van der Waals surface area contributed by atoms with E-state index in [9.17, 15) is 23.1 Å². The quantitative estimate of drug-likeness (QED) is 0.305. The normalized spacial score (nSPS) is 21.3. The van der Waals surface area contributed by atoms with Gasteiger partial charge in [0.05, 0.1) is 27.9 Å². The smallest absolute Gasteiger partial charge is 0.256 e. The Hall–Kier alpha value is -3.15. The van der Waals surface area contributed by atoms with Gasteiger partial charge in [0, 0.05) is 70.5 Å². The number of nitrogens with one attached hydrogen (secondary N) is 2. The SMILES string of the molecule is Cc1[nH]c(C=C2C(=O)Nc3ccc(S(=O)(=O)Cc4c(Cl)cccc4Cl)cc32)c(C)c1C(=O)N1CCC[C@@H]1CN1CC[C@@H](O)C1. The van der Waals surface area contributed by atoms with E-state index in [4.69, 9.17) is 23.2 Å². The highest BCUT2D eigenvalue weighted by molar-refractivity contribution is 7.90. The standard InChI is InChI=1S/C32H34Cl2N4O5S/c1-18-29(35-19(2)30(18)32(41)38-11-4-5-20(38)15-37-12-10-21(39)16-37)14-24-23-13-22(8-9-28(23)36-31(24)40)44(42,43)17-25-26(33)6-3-7-27(25)34/h3,6-9,13-14,20-21,35,39H,4-5,10-12,15-17H2,1-2H3,(H,36,40)/t20-,21-/m1/s1. The zero-order valence-electron chi connectivity index (χ0n) is 24.5. The first-order chi connectivity index (χ1) is 20.9. The molecule has 0 saturated carbocycles. The Morgan fingerprint density at radius 1 is 1.11 bits per heavy atom. The molecule has 4 heterocycles. The summed E-state index contributed by atoms with van der Waals surface area (Å²) in [5.41, 5.74) is 4.18. The van der Waals surface area contributed by atoms with Crippen molar-refractivity contribution in [2.75, 3.05) is 31.5 Å². The molecule has 3 aromatic rings. The third-order valence-electron chi connectivity index (χ3n) is 8.86. The van der Waals surface area contributed by atoms with Crippen LogP contribution in [0.5, 0.6) is 0 Å². The molecular formula is C32H34Cl2N4O5S. The lowest BCUT2D eigenvalue weighted by Gasteiger charge is -2.29. The molecule has 6 rings (SSSR count). The number of hydrogen-bond acceptors (Lipinski definition) is 6. The van der Waals surface area contributed by atoms with Gasteiger partial charge >= 0.3 is 0 Å². The number of aliphatic hydroxyl groups excluding tert-OH is 1. The summed E-state index contributed by atoms with van der Waals surface area (Å²) in [4.78, 5) is 34.4. The van der Waals surface area contributed by atoms with Crippen molar-refractivity contribution >= 4 is 62.2 Å². The van der Waals surface area contributed by atoms with Crippen molar-refractivity contribution in [1.29, 1.82) is 0 Å². The van der Waals surface area contributed by atoms with E-state index in [-0.39, 0.29) is 44.7 Å². The number of halogens is 2. The van der Waals surface area contributed by atoms with E-state index in [0.29, 0.717) is 52.4 Å². The highest BCUT2D eigenvalue weighted by Crippen LogP contribution is 2.37. The summed E-state index contributed by atoms with van der Waals surface area (Å²) < 4.78 is 26.8. The van der Waals surface area contributed by atoms with Crippen LogP contribution in [0.3, 0.4) is 0 Å². The van der Waals surface area contributed by atoms with E-state index in [1.54, 1.807) is 30.3 Å². The van der Waals surface area contributed by atoms with Gasteiger partial charge in [0.2, 0.25) is 0 Å². The Kier molecular flexibility index (Phi) is 8.40. The molecule has 3 aliphatic rings. The number of aromatic amines is 1. The first-order valence-electron chi connectivity index (χ1n) is 14.7. The second-order valence-corrected chi connectivity index (χ2v) is 14.6. The predicted molar refractivity (Wildman–Crippen MR) is 172 cm³/mol. The molecule has 2 amide bonds. The van der Waals surface area contributed by atoms with Crippen LogP contribution in [0.4, 0.5) is 5.69 Å². The zero-order valence-corrected chi connectivity index (χ0v) is 26.8. The minimum absolute atomic E-state index is 0.0375. The van der Waals surface area contributed by atoms with Crippen LogP contribution < -0.4 is 5.32 Å². The van der Waals surface area contributed by atoms with Crippen LogP contribution in [-0.4, -0.2) is 78.4 Å². The van der Waals surface area contributed by atoms with Gasteiger partial charge in [-0.2, -0.15) is 0 Å². The van der Waals surface area contributed by atoms with Crippen molar-refractivity contribution in [1.82, 2.24) is 14.8 Å². The lowest BCUT2D eigenvalue weighted by Crippen LogP contribution is -2.43. The molecule has 0 bridgehead atoms. The van der Waals surface area contributed by atoms with Crippen molar-refractivity contribution in [3.8, 4) is 0 Å². The van der Waals surface area contributed by atoms with Gasteiger partial charge in [-0.3, -0.25) is 14.5 Å². The van der Waals surface area contributed by atoms with Gasteiger partial charge in [-0.25, -0.2) is 8.42 Å². The first-order valence-corrected chi connectivity index (χ1v) is 17.1. The Morgan fingerprint density at radius 3 is 2.57 bits per heavy atom. The molecule has 0 radical (unpaired) electrons. The number of β-amino-alcohol motifs (C(OH)–C–C–N with tert-alkyl or cyclic N) is 1. The van der Waals surface area contributed by atoms with Crippen LogP contribution in [0, 0.1) is 13.8 Å². The van der Waals surface area contributed by atoms with Crippen LogP contribution in [0.15, 0.2) is 41.3 Å². The minimum Gasteiger partial charge on any atom is -0.392 e. The monoisotopic (exact) mass is 656 g/mol. The van der Waals surface area contributed by atoms with Gasteiger partial charge in [0.25, 0.3) is 11.8 Å². The van der Waals surface area contributed by atoms with Gasteiger partial charge in [0.15, 0.2) is 9.84 Å². The summed E-state index contributed by atoms with van der Waals surface area (Å²) in [5.74, 6) is -0.803. The number of aryl methyl sites for hydroxylation is 1. The molecule has 0 aliphatic carbocycles. The Morgan fingerprint density at radius 2 is 1.86 bits per heavy atom. The fourth-order valence-electron chi connectivity index (χ4n) is 6.54. The first kappa shape index (κ1) is 30.9. The second kappa shape index (κ2) is 12.0. The third kappa shape index (κ3) is 5.81. The highest BCUT2D eigenvalue weighted by Gasteiger charge is 2.35. The van der Waals surface area contributed by atoms with Crippen LogP contribution in [0.2, 0.25) is 10.0 Å². The fraction of sp³-hybridized carbons (Fsp3) is 0.375. The number of nitrogens with zero attached hydrogens (tertiary/aromatic N) is 2. The largest absolute Gasteiger partial charge is 0.392 e. The number of carbonyl (C=O) groups is 2. The Labute approximate surface area is 266 Å². The summed E-state index contributed by atoms with van der Waals surface area (Å²) in [5, 5.41) is 13.3. The second-order valence-electron chi connectivity index (χ2n) is 11.8. The summed E-state index contributed by atoms with van der Waals surface area (Å²) in [6.07, 6.45) is 3.98. The highest BCUT2D eigenvalue weighted by atomic mass is 35.5. The van der Waals surface area contributed by atoms with E-state index in [1.165, 1.54) is 12.1 Å². The number of fused-ring (bicyclic) bond motifs is 1. The number of sulfone groups is 1. The maximum atomic E-state index is 13.9.